The van der Waals surface area contributed by atoms with Crippen molar-refractivity contribution in [1.82, 2.24) is 9.88 Å². The molecule has 3 heterocycles. The van der Waals surface area contributed by atoms with Crippen molar-refractivity contribution in [3.8, 4) is 17.2 Å². The molecule has 0 atom stereocenters. The summed E-state index contributed by atoms with van der Waals surface area (Å²) in [6, 6.07) is 9.58. The third-order valence-electron chi connectivity index (χ3n) is 4.83. The summed E-state index contributed by atoms with van der Waals surface area (Å²) in [5.74, 6) is 2.81. The van der Waals surface area contributed by atoms with Crippen LogP contribution in [0.4, 0.5) is 5.82 Å². The Balaban J connectivity index is 1.39. The second kappa shape index (κ2) is 8.21. The Morgan fingerprint density at radius 2 is 1.96 bits per heavy atom. The van der Waals surface area contributed by atoms with E-state index in [1.54, 1.807) is 25.5 Å². The summed E-state index contributed by atoms with van der Waals surface area (Å²) in [6.07, 6.45) is 5.17. The van der Waals surface area contributed by atoms with Gasteiger partial charge in [-0.05, 0) is 35.9 Å². The molecule has 1 aromatic heterocycles. The van der Waals surface area contributed by atoms with E-state index in [1.165, 1.54) is 0 Å². The molecule has 1 amide bonds. The van der Waals surface area contributed by atoms with E-state index >= 15 is 0 Å². The van der Waals surface area contributed by atoms with Crippen LogP contribution in [0.3, 0.4) is 0 Å². The number of pyridine rings is 1. The minimum Gasteiger partial charge on any atom is -0.493 e. The van der Waals surface area contributed by atoms with Crippen molar-refractivity contribution in [3.63, 3.8) is 0 Å². The van der Waals surface area contributed by atoms with Crippen LogP contribution in [0.1, 0.15) is 5.56 Å². The summed E-state index contributed by atoms with van der Waals surface area (Å²) < 4.78 is 16.6. The highest BCUT2D eigenvalue weighted by Crippen LogP contribution is 2.40. The van der Waals surface area contributed by atoms with Gasteiger partial charge in [0, 0.05) is 38.5 Å². The number of anilines is 1. The summed E-state index contributed by atoms with van der Waals surface area (Å²) in [5.41, 5.74) is 0.835. The standard InChI is InChI=1S/C21H23N3O4/c1-26-17-14-16(15-18-21(17)28-13-12-27-18)5-6-20(25)24-10-8-23(9-11-24)19-4-2-3-7-22-19/h2-7,14-15H,8-13H2,1H3/b6-5+. The number of piperazine rings is 1. The zero-order valence-corrected chi connectivity index (χ0v) is 15.8. The Bertz CT molecular complexity index is 844. The molecule has 2 aliphatic rings. The van der Waals surface area contributed by atoms with Gasteiger partial charge in [-0.3, -0.25) is 4.79 Å². The van der Waals surface area contributed by atoms with Crippen LogP contribution in [0.15, 0.2) is 42.6 Å². The van der Waals surface area contributed by atoms with Crippen molar-refractivity contribution in [2.45, 2.75) is 0 Å². The van der Waals surface area contributed by atoms with Crippen LogP contribution in [0.5, 0.6) is 17.2 Å². The number of hydrogen-bond donors (Lipinski definition) is 0. The maximum absolute atomic E-state index is 12.6. The fourth-order valence-corrected chi connectivity index (χ4v) is 3.36. The van der Waals surface area contributed by atoms with Crippen LogP contribution in [0.25, 0.3) is 6.08 Å². The lowest BCUT2D eigenvalue weighted by atomic mass is 10.1. The fourth-order valence-electron chi connectivity index (χ4n) is 3.36. The summed E-state index contributed by atoms with van der Waals surface area (Å²) >= 11 is 0. The Morgan fingerprint density at radius 1 is 1.14 bits per heavy atom. The number of rotatable bonds is 4. The van der Waals surface area contributed by atoms with Crippen molar-refractivity contribution in [2.75, 3.05) is 51.4 Å². The highest BCUT2D eigenvalue weighted by Gasteiger charge is 2.21. The number of ether oxygens (including phenoxy) is 3. The fraction of sp³-hybridized carbons (Fsp3) is 0.333. The molecule has 7 nitrogen and oxygen atoms in total. The van der Waals surface area contributed by atoms with Crippen LogP contribution in [-0.2, 0) is 4.79 Å². The Labute approximate surface area is 164 Å². The van der Waals surface area contributed by atoms with E-state index in [1.807, 2.05) is 35.2 Å². The molecular formula is C21H23N3O4. The van der Waals surface area contributed by atoms with Gasteiger partial charge in [0.1, 0.15) is 19.0 Å². The molecule has 0 aliphatic carbocycles. The van der Waals surface area contributed by atoms with Crippen LogP contribution < -0.4 is 19.1 Å². The molecule has 0 bridgehead atoms. The van der Waals surface area contributed by atoms with Gasteiger partial charge in [0.2, 0.25) is 11.7 Å². The minimum atomic E-state index is -0.00507. The quantitative estimate of drug-likeness (QED) is 0.757. The first-order valence-electron chi connectivity index (χ1n) is 9.35. The van der Waals surface area contributed by atoms with Gasteiger partial charge in [0.05, 0.1) is 7.11 Å². The predicted molar refractivity (Wildman–Crippen MR) is 106 cm³/mol. The molecule has 2 aliphatic heterocycles. The number of aromatic nitrogens is 1. The Hall–Kier alpha value is -3.22. The van der Waals surface area contributed by atoms with Crippen LogP contribution in [0.2, 0.25) is 0 Å². The minimum absolute atomic E-state index is 0.00507. The molecule has 1 fully saturated rings. The van der Waals surface area contributed by atoms with E-state index in [2.05, 4.69) is 9.88 Å². The second-order valence-corrected chi connectivity index (χ2v) is 6.58. The number of methoxy groups -OCH3 is 1. The topological polar surface area (TPSA) is 64.1 Å². The molecule has 7 heteroatoms. The maximum atomic E-state index is 12.6. The number of carbonyl (C=O) groups excluding carboxylic acids is 1. The molecule has 0 saturated carbocycles. The number of benzene rings is 1. The van der Waals surface area contributed by atoms with Crippen molar-refractivity contribution < 1.29 is 19.0 Å². The van der Waals surface area contributed by atoms with Crippen LogP contribution >= 0.6 is 0 Å². The first-order valence-corrected chi connectivity index (χ1v) is 9.35. The summed E-state index contributed by atoms with van der Waals surface area (Å²) in [6.45, 7) is 3.89. The van der Waals surface area contributed by atoms with Gasteiger partial charge in [-0.15, -0.1) is 0 Å². The summed E-state index contributed by atoms with van der Waals surface area (Å²) in [7, 11) is 1.59. The molecule has 0 unspecified atom stereocenters. The van der Waals surface area contributed by atoms with Crippen LogP contribution in [-0.4, -0.2) is 62.3 Å². The zero-order chi connectivity index (χ0) is 19.3. The Morgan fingerprint density at radius 3 is 2.71 bits per heavy atom. The van der Waals surface area contributed by atoms with Crippen LogP contribution in [0, 0.1) is 0 Å². The Kier molecular flexibility index (Phi) is 5.32. The van der Waals surface area contributed by atoms with E-state index in [9.17, 15) is 4.79 Å². The van der Waals surface area contributed by atoms with E-state index in [4.69, 9.17) is 14.2 Å². The van der Waals surface area contributed by atoms with E-state index < -0.39 is 0 Å². The lowest BCUT2D eigenvalue weighted by Crippen LogP contribution is -2.48. The molecular weight excluding hydrogens is 358 g/mol. The monoisotopic (exact) mass is 381 g/mol. The average Bonchev–Trinajstić information content (AvgIpc) is 2.77. The van der Waals surface area contributed by atoms with Gasteiger partial charge >= 0.3 is 0 Å². The first kappa shape index (κ1) is 18.2. The maximum Gasteiger partial charge on any atom is 0.246 e. The first-order chi connectivity index (χ1) is 13.7. The SMILES string of the molecule is COc1cc(/C=C/C(=O)N2CCN(c3ccccn3)CC2)cc2c1OCCO2. The van der Waals surface area contributed by atoms with Gasteiger partial charge in [-0.2, -0.15) is 0 Å². The molecule has 4 rings (SSSR count). The smallest absolute Gasteiger partial charge is 0.246 e. The van der Waals surface area contributed by atoms with Gasteiger partial charge in [-0.25, -0.2) is 4.98 Å². The number of carbonyl (C=O) groups is 1. The van der Waals surface area contributed by atoms with Crippen molar-refractivity contribution in [3.05, 3.63) is 48.2 Å². The van der Waals surface area contributed by atoms with Crippen molar-refractivity contribution >= 4 is 17.8 Å². The molecule has 1 saturated heterocycles. The molecule has 0 radical (unpaired) electrons. The summed E-state index contributed by atoms with van der Waals surface area (Å²) in [5, 5.41) is 0. The number of fused-ring (bicyclic) bond motifs is 1. The number of amides is 1. The molecule has 2 aromatic rings. The molecule has 0 spiro atoms. The molecule has 1 aromatic carbocycles. The molecule has 146 valence electrons. The van der Waals surface area contributed by atoms with Gasteiger partial charge in [0.15, 0.2) is 11.5 Å². The van der Waals surface area contributed by atoms with E-state index in [0.29, 0.717) is 43.6 Å². The summed E-state index contributed by atoms with van der Waals surface area (Å²) in [4.78, 5) is 21.0. The lowest BCUT2D eigenvalue weighted by molar-refractivity contribution is -0.126. The normalized spacial score (nSPS) is 16.3. The highest BCUT2D eigenvalue weighted by atomic mass is 16.6. The van der Waals surface area contributed by atoms with Gasteiger partial charge in [-0.1, -0.05) is 6.07 Å². The van der Waals surface area contributed by atoms with Gasteiger partial charge in [0.25, 0.3) is 0 Å². The molecule has 0 N–H and O–H groups in total. The third kappa shape index (κ3) is 3.88. The highest BCUT2D eigenvalue weighted by molar-refractivity contribution is 5.92. The van der Waals surface area contributed by atoms with Crippen molar-refractivity contribution in [1.29, 1.82) is 0 Å². The number of hydrogen-bond acceptors (Lipinski definition) is 6. The predicted octanol–water partition coefficient (Wildman–Crippen LogP) is 2.22. The zero-order valence-electron chi connectivity index (χ0n) is 15.8. The van der Waals surface area contributed by atoms with E-state index in [0.717, 1.165) is 24.5 Å². The average molecular weight is 381 g/mol. The van der Waals surface area contributed by atoms with Crippen molar-refractivity contribution in [2.24, 2.45) is 0 Å². The second-order valence-electron chi connectivity index (χ2n) is 6.58. The number of nitrogens with zero attached hydrogens (tertiary/aromatic N) is 3. The third-order valence-corrected chi connectivity index (χ3v) is 4.83. The molecule has 28 heavy (non-hydrogen) atoms. The van der Waals surface area contributed by atoms with Gasteiger partial charge < -0.3 is 24.0 Å². The van der Waals surface area contributed by atoms with E-state index in [-0.39, 0.29) is 5.91 Å². The lowest BCUT2D eigenvalue weighted by Gasteiger charge is -2.34. The largest absolute Gasteiger partial charge is 0.493 e.